The number of aliphatic hydroxyl groups excluding tert-OH is 2. The van der Waals surface area contributed by atoms with Gasteiger partial charge in [0.1, 0.15) is 0 Å². The first kappa shape index (κ1) is 14.3. The van der Waals surface area contributed by atoms with Crippen LogP contribution in [0, 0.1) is 0 Å². The summed E-state index contributed by atoms with van der Waals surface area (Å²) in [6.07, 6.45) is -0.530. The molecule has 3 nitrogen and oxygen atoms in total. The molecule has 0 aliphatic rings. The number of hydrogen-bond donors (Lipinski definition) is 2. The lowest BCUT2D eigenvalue weighted by atomic mass is 10.0. The van der Waals surface area contributed by atoms with Gasteiger partial charge in [0.25, 0.3) is 0 Å². The monoisotopic (exact) mass is 257 g/mol. The SMILES string of the molecule is C[C@H](O)c1ccc(N(C)C(C)(C)CO)c(Cl)c1. The lowest BCUT2D eigenvalue weighted by Gasteiger charge is -2.36. The molecule has 2 N–H and O–H groups in total. The number of nitrogens with zero attached hydrogens (tertiary/aromatic N) is 1. The van der Waals surface area contributed by atoms with Crippen LogP contribution >= 0.6 is 11.6 Å². The Morgan fingerprint density at radius 1 is 1.41 bits per heavy atom. The van der Waals surface area contributed by atoms with Gasteiger partial charge < -0.3 is 15.1 Å². The molecule has 0 heterocycles. The summed E-state index contributed by atoms with van der Waals surface area (Å²) in [6, 6.07) is 5.46. The minimum atomic E-state index is -0.530. The van der Waals surface area contributed by atoms with Crippen LogP contribution in [0.15, 0.2) is 18.2 Å². The molecular weight excluding hydrogens is 238 g/mol. The standard InChI is InChI=1S/C13H20ClNO2/c1-9(17)10-5-6-12(11(14)7-10)15(4)13(2,3)8-16/h5-7,9,16-17H,8H2,1-4H3/t9-/m0/s1. The first-order valence-electron chi connectivity index (χ1n) is 5.62. The molecule has 1 rings (SSSR count). The molecule has 1 atom stereocenters. The third kappa shape index (κ3) is 3.12. The lowest BCUT2D eigenvalue weighted by molar-refractivity contribution is 0.199. The molecule has 0 spiro atoms. The zero-order valence-electron chi connectivity index (χ0n) is 10.7. The zero-order valence-corrected chi connectivity index (χ0v) is 11.5. The molecule has 0 aromatic heterocycles. The second-order valence-electron chi connectivity index (χ2n) is 4.92. The predicted octanol–water partition coefficient (Wildman–Crippen LogP) is 2.60. The number of rotatable bonds is 4. The maximum atomic E-state index is 9.47. The van der Waals surface area contributed by atoms with E-state index in [0.29, 0.717) is 5.02 Å². The molecule has 0 unspecified atom stereocenters. The Kier molecular flexibility index (Phi) is 4.42. The van der Waals surface area contributed by atoms with Crippen molar-refractivity contribution in [1.82, 2.24) is 0 Å². The molecule has 0 aliphatic heterocycles. The van der Waals surface area contributed by atoms with Gasteiger partial charge in [-0.25, -0.2) is 0 Å². The van der Waals surface area contributed by atoms with Crippen molar-refractivity contribution < 1.29 is 10.2 Å². The summed E-state index contributed by atoms with van der Waals surface area (Å²) in [6.45, 7) is 5.61. The van der Waals surface area contributed by atoms with E-state index in [-0.39, 0.29) is 12.1 Å². The first-order valence-corrected chi connectivity index (χ1v) is 5.99. The molecule has 0 radical (unpaired) electrons. The van der Waals surface area contributed by atoms with Crippen LogP contribution in [0.1, 0.15) is 32.4 Å². The van der Waals surface area contributed by atoms with Gasteiger partial charge in [-0.3, -0.25) is 0 Å². The van der Waals surface area contributed by atoms with E-state index >= 15 is 0 Å². The molecule has 1 aromatic carbocycles. The van der Waals surface area contributed by atoms with Crippen LogP contribution in [0.4, 0.5) is 5.69 Å². The van der Waals surface area contributed by atoms with Gasteiger partial charge in [-0.1, -0.05) is 17.7 Å². The number of aliphatic hydroxyl groups is 2. The molecule has 4 heteroatoms. The average molecular weight is 258 g/mol. The van der Waals surface area contributed by atoms with Gasteiger partial charge in [0.15, 0.2) is 0 Å². The van der Waals surface area contributed by atoms with Gasteiger partial charge >= 0.3 is 0 Å². The van der Waals surface area contributed by atoms with Crippen molar-refractivity contribution in [2.24, 2.45) is 0 Å². The summed E-state index contributed by atoms with van der Waals surface area (Å²) >= 11 is 6.20. The predicted molar refractivity (Wildman–Crippen MR) is 71.7 cm³/mol. The third-order valence-electron chi connectivity index (χ3n) is 3.11. The Balaban J connectivity index is 3.08. The smallest absolute Gasteiger partial charge is 0.0762 e. The minimum Gasteiger partial charge on any atom is -0.394 e. The summed E-state index contributed by atoms with van der Waals surface area (Å²) in [5, 5.41) is 19.4. The highest BCUT2D eigenvalue weighted by Crippen LogP contribution is 2.31. The Labute approximate surface area is 108 Å². The molecule has 17 heavy (non-hydrogen) atoms. The fraction of sp³-hybridized carbons (Fsp3) is 0.538. The van der Waals surface area contributed by atoms with E-state index in [4.69, 9.17) is 11.6 Å². The molecule has 96 valence electrons. The number of anilines is 1. The molecule has 0 amide bonds. The van der Waals surface area contributed by atoms with Crippen molar-refractivity contribution in [2.45, 2.75) is 32.4 Å². The molecule has 0 fully saturated rings. The summed E-state index contributed by atoms with van der Waals surface area (Å²) in [4.78, 5) is 1.93. The fourth-order valence-corrected chi connectivity index (χ4v) is 1.80. The van der Waals surface area contributed by atoms with Crippen molar-refractivity contribution in [1.29, 1.82) is 0 Å². The van der Waals surface area contributed by atoms with E-state index < -0.39 is 6.10 Å². The average Bonchev–Trinajstić information content (AvgIpc) is 2.27. The third-order valence-corrected chi connectivity index (χ3v) is 3.41. The van der Waals surface area contributed by atoms with Crippen LogP contribution in [0.3, 0.4) is 0 Å². The van der Waals surface area contributed by atoms with Crippen LogP contribution in [-0.2, 0) is 0 Å². The summed E-state index contributed by atoms with van der Waals surface area (Å²) in [5.41, 5.74) is 1.25. The summed E-state index contributed by atoms with van der Waals surface area (Å²) in [5.74, 6) is 0. The highest BCUT2D eigenvalue weighted by molar-refractivity contribution is 6.33. The van der Waals surface area contributed by atoms with Crippen molar-refractivity contribution in [2.75, 3.05) is 18.6 Å². The molecule has 0 saturated heterocycles. The summed E-state index contributed by atoms with van der Waals surface area (Å²) in [7, 11) is 1.89. The van der Waals surface area contributed by atoms with E-state index in [1.807, 2.05) is 37.9 Å². The Morgan fingerprint density at radius 3 is 2.41 bits per heavy atom. The maximum absolute atomic E-state index is 9.47. The lowest BCUT2D eigenvalue weighted by Crippen LogP contribution is -2.44. The Bertz CT molecular complexity index is 391. The minimum absolute atomic E-state index is 0.0397. The summed E-state index contributed by atoms with van der Waals surface area (Å²) < 4.78 is 0. The second kappa shape index (κ2) is 5.25. The quantitative estimate of drug-likeness (QED) is 0.872. The van der Waals surface area contributed by atoms with E-state index in [1.165, 1.54) is 0 Å². The Hall–Kier alpha value is -0.770. The van der Waals surface area contributed by atoms with Gasteiger partial charge in [-0.05, 0) is 38.5 Å². The normalized spacial score (nSPS) is 13.6. The molecule has 0 saturated carbocycles. The van der Waals surface area contributed by atoms with Gasteiger partial charge in [0, 0.05) is 7.05 Å². The molecule has 1 aromatic rings. The first-order chi connectivity index (χ1) is 7.79. The van der Waals surface area contributed by atoms with E-state index in [2.05, 4.69) is 0 Å². The van der Waals surface area contributed by atoms with Crippen molar-refractivity contribution in [3.8, 4) is 0 Å². The van der Waals surface area contributed by atoms with Gasteiger partial charge in [0.05, 0.1) is 29.0 Å². The molecule has 0 bridgehead atoms. The van der Waals surface area contributed by atoms with Gasteiger partial charge in [-0.2, -0.15) is 0 Å². The van der Waals surface area contributed by atoms with E-state index in [9.17, 15) is 10.2 Å². The molecular formula is C13H20ClNO2. The van der Waals surface area contributed by atoms with Crippen LogP contribution < -0.4 is 4.90 Å². The number of hydrogen-bond acceptors (Lipinski definition) is 3. The molecule has 0 aliphatic carbocycles. The second-order valence-corrected chi connectivity index (χ2v) is 5.32. The van der Waals surface area contributed by atoms with Crippen LogP contribution in [0.2, 0.25) is 5.02 Å². The van der Waals surface area contributed by atoms with Crippen molar-refractivity contribution >= 4 is 17.3 Å². The van der Waals surface area contributed by atoms with Crippen molar-refractivity contribution in [3.05, 3.63) is 28.8 Å². The highest BCUT2D eigenvalue weighted by atomic mass is 35.5. The van der Waals surface area contributed by atoms with Crippen LogP contribution in [-0.4, -0.2) is 29.4 Å². The fourth-order valence-electron chi connectivity index (χ4n) is 1.49. The van der Waals surface area contributed by atoms with E-state index in [1.54, 1.807) is 13.0 Å². The maximum Gasteiger partial charge on any atom is 0.0762 e. The topological polar surface area (TPSA) is 43.7 Å². The number of benzene rings is 1. The van der Waals surface area contributed by atoms with Crippen LogP contribution in [0.25, 0.3) is 0 Å². The zero-order chi connectivity index (χ0) is 13.2. The van der Waals surface area contributed by atoms with Gasteiger partial charge in [0.2, 0.25) is 0 Å². The van der Waals surface area contributed by atoms with Crippen LogP contribution in [0.5, 0.6) is 0 Å². The highest BCUT2D eigenvalue weighted by Gasteiger charge is 2.24. The largest absolute Gasteiger partial charge is 0.394 e. The number of likely N-dealkylation sites (N-methyl/N-ethyl adjacent to an activating group) is 1. The Morgan fingerprint density at radius 2 is 2.00 bits per heavy atom. The van der Waals surface area contributed by atoms with Gasteiger partial charge in [-0.15, -0.1) is 0 Å². The van der Waals surface area contributed by atoms with E-state index in [0.717, 1.165) is 11.3 Å². The van der Waals surface area contributed by atoms with Crippen molar-refractivity contribution in [3.63, 3.8) is 0 Å². The number of halogens is 1.